The van der Waals surface area contributed by atoms with Crippen LogP contribution in [0.1, 0.15) is 355 Å². The molecule has 0 aromatic carbocycles. The van der Waals surface area contributed by atoms with Gasteiger partial charge in [-0.1, -0.05) is 309 Å². The first-order valence-electron chi connectivity index (χ1n) is 34.6. The smallest absolute Gasteiger partial charge is 0.306 e. The normalized spacial score (nSPS) is 13.7. The number of quaternary nitrogens is 1. The average molecular weight is 1140 g/mol. The first-order chi connectivity index (χ1) is 38.4. The van der Waals surface area contributed by atoms with Crippen molar-refractivity contribution in [2.45, 2.75) is 367 Å². The molecule has 0 radical (unpaired) electrons. The van der Waals surface area contributed by atoms with Crippen molar-refractivity contribution < 1.29 is 37.3 Å². The van der Waals surface area contributed by atoms with Crippen LogP contribution in [0.5, 0.6) is 0 Å². The van der Waals surface area contributed by atoms with Crippen LogP contribution in [0.4, 0.5) is 0 Å². The number of carbonyl (C=O) groups excluding carboxylic acids is 2. The van der Waals surface area contributed by atoms with Gasteiger partial charge in [-0.05, 0) is 57.4 Å². The maximum Gasteiger partial charge on any atom is 0.306 e. The molecule has 1 amide bonds. The first kappa shape index (κ1) is 77.5. The topological polar surface area (TPSA) is 114 Å². The van der Waals surface area contributed by atoms with E-state index in [2.05, 4.69) is 38.2 Å². The predicted octanol–water partition coefficient (Wildman–Crippen LogP) is 21.0. The van der Waals surface area contributed by atoms with Gasteiger partial charge in [0.15, 0.2) is 0 Å². The Morgan fingerprint density at radius 1 is 0.430 bits per heavy atom. The maximum absolute atomic E-state index is 13.5. The maximum atomic E-state index is 13.5. The Morgan fingerprint density at radius 3 is 1.08 bits per heavy atom. The minimum absolute atomic E-state index is 0.0202. The van der Waals surface area contributed by atoms with Crippen molar-refractivity contribution in [1.82, 2.24) is 5.32 Å². The molecule has 9 nitrogen and oxygen atoms in total. The lowest BCUT2D eigenvalue weighted by molar-refractivity contribution is -0.870. The van der Waals surface area contributed by atoms with Crippen molar-refractivity contribution in [3.8, 4) is 0 Å². The highest BCUT2D eigenvalue weighted by molar-refractivity contribution is 7.45. The number of unbranched alkanes of at least 4 members (excludes halogenated alkanes) is 46. The Bertz CT molecular complexity index is 1400. The van der Waals surface area contributed by atoms with E-state index in [9.17, 15) is 19.0 Å². The molecule has 0 fully saturated rings. The van der Waals surface area contributed by atoms with Crippen LogP contribution in [0.15, 0.2) is 24.3 Å². The molecule has 0 spiro atoms. The number of carbonyl (C=O) groups is 2. The zero-order valence-electron chi connectivity index (χ0n) is 53.6. The first-order valence-corrected chi connectivity index (χ1v) is 36.1. The zero-order chi connectivity index (χ0) is 57.9. The Kier molecular flexibility index (Phi) is 58.5. The van der Waals surface area contributed by atoms with Gasteiger partial charge in [-0.25, -0.2) is 0 Å². The number of hydrogen-bond donors (Lipinski definition) is 1. The van der Waals surface area contributed by atoms with Gasteiger partial charge < -0.3 is 28.5 Å². The van der Waals surface area contributed by atoms with Crippen molar-refractivity contribution in [2.75, 3.05) is 40.9 Å². The van der Waals surface area contributed by atoms with Crippen LogP contribution in [-0.4, -0.2) is 69.4 Å². The highest BCUT2D eigenvalue weighted by Gasteiger charge is 2.27. The van der Waals surface area contributed by atoms with Crippen LogP contribution in [0, 0.1) is 0 Å². The predicted molar refractivity (Wildman–Crippen MR) is 340 cm³/mol. The van der Waals surface area contributed by atoms with Gasteiger partial charge in [0.1, 0.15) is 19.3 Å². The van der Waals surface area contributed by atoms with Crippen molar-refractivity contribution >= 4 is 19.7 Å². The molecule has 10 heteroatoms. The Balaban J connectivity index is 5.03. The summed E-state index contributed by atoms with van der Waals surface area (Å²) in [4.78, 5) is 40.1. The standard InChI is InChI=1S/C69H135N2O7P/c1-7-10-13-16-19-22-25-28-30-32-33-34-35-36-37-38-39-40-42-44-47-50-53-56-59-62-69(73)78-67(60-57-54-51-48-45-27-24-21-18-15-12-9-3)66(65-77-79(74,75)76-64-63-71(4,5)6)70-68(72)61-58-55-52-49-46-43-41-31-29-26-23-20-17-14-11-8-2/h31,41,57,60,66-67H,7-30,32-40,42-56,58-59,61-65H2,1-6H3,(H-,70,72,74,75)/b41-31+,60-57-. The molecule has 0 heterocycles. The van der Waals surface area contributed by atoms with Gasteiger partial charge in [0.05, 0.1) is 33.8 Å². The fourth-order valence-corrected chi connectivity index (χ4v) is 11.2. The fraction of sp³-hybridized carbons (Fsp3) is 0.913. The van der Waals surface area contributed by atoms with Crippen LogP contribution < -0.4 is 10.2 Å². The van der Waals surface area contributed by atoms with Gasteiger partial charge >= 0.3 is 5.97 Å². The number of esters is 1. The van der Waals surface area contributed by atoms with E-state index in [-0.39, 0.29) is 31.5 Å². The lowest BCUT2D eigenvalue weighted by Gasteiger charge is -2.30. The molecule has 0 aromatic heterocycles. The quantitative estimate of drug-likeness (QED) is 0.0212. The summed E-state index contributed by atoms with van der Waals surface area (Å²) in [5, 5.41) is 3.04. The molecule has 0 aliphatic carbocycles. The van der Waals surface area contributed by atoms with Gasteiger partial charge in [0.25, 0.3) is 7.82 Å². The SMILES string of the molecule is CCCCCCCCC/C=C/CCCCCCCC(=O)NC(COP(=O)([O-])OCC[N+](C)(C)C)C(/C=C\CCCCCCCCCCCC)OC(=O)CCCCCCCCCCCCCCCCCCCCCCCCCCC. The van der Waals surface area contributed by atoms with Crippen molar-refractivity contribution in [3.63, 3.8) is 0 Å². The Morgan fingerprint density at radius 2 is 0.734 bits per heavy atom. The number of nitrogens with one attached hydrogen (secondary N) is 1. The van der Waals surface area contributed by atoms with E-state index >= 15 is 0 Å². The number of rotatable bonds is 64. The molecule has 0 bridgehead atoms. The summed E-state index contributed by atoms with van der Waals surface area (Å²) in [5.41, 5.74) is 0. The molecule has 79 heavy (non-hydrogen) atoms. The number of phosphoric ester groups is 1. The molecule has 0 saturated carbocycles. The number of likely N-dealkylation sites (N-methyl/N-ethyl adjacent to an activating group) is 1. The van der Waals surface area contributed by atoms with E-state index in [1.807, 2.05) is 33.3 Å². The van der Waals surface area contributed by atoms with Crippen molar-refractivity contribution in [3.05, 3.63) is 24.3 Å². The summed E-state index contributed by atoms with van der Waals surface area (Å²) in [6.07, 6.45) is 71.6. The summed E-state index contributed by atoms with van der Waals surface area (Å²) in [6, 6.07) is -0.887. The number of hydrogen-bond acceptors (Lipinski definition) is 7. The molecular weight excluding hydrogens is 1000 g/mol. The van der Waals surface area contributed by atoms with Gasteiger partial charge in [-0.3, -0.25) is 14.2 Å². The average Bonchev–Trinajstić information content (AvgIpc) is 3.41. The fourth-order valence-electron chi connectivity index (χ4n) is 10.5. The molecule has 468 valence electrons. The van der Waals surface area contributed by atoms with E-state index in [0.717, 1.165) is 77.0 Å². The van der Waals surface area contributed by atoms with Crippen LogP contribution in [0.3, 0.4) is 0 Å². The zero-order valence-corrected chi connectivity index (χ0v) is 54.5. The minimum Gasteiger partial charge on any atom is -0.756 e. The second-order valence-corrected chi connectivity index (χ2v) is 26.5. The molecule has 0 saturated heterocycles. The molecule has 3 atom stereocenters. The molecule has 0 aliphatic rings. The summed E-state index contributed by atoms with van der Waals surface area (Å²) >= 11 is 0. The van der Waals surface area contributed by atoms with E-state index in [0.29, 0.717) is 17.4 Å². The van der Waals surface area contributed by atoms with Crippen molar-refractivity contribution in [2.24, 2.45) is 0 Å². The second kappa shape index (κ2) is 59.6. The van der Waals surface area contributed by atoms with Crippen LogP contribution in [0.25, 0.3) is 0 Å². The third kappa shape index (κ3) is 60.9. The monoisotopic (exact) mass is 1140 g/mol. The third-order valence-electron chi connectivity index (χ3n) is 15.9. The van der Waals surface area contributed by atoms with Crippen LogP contribution in [-0.2, 0) is 27.9 Å². The van der Waals surface area contributed by atoms with E-state index in [4.69, 9.17) is 13.8 Å². The highest BCUT2D eigenvalue weighted by atomic mass is 31.2. The minimum atomic E-state index is -4.70. The summed E-state index contributed by atoms with van der Waals surface area (Å²) in [5.74, 6) is -0.531. The molecule has 0 aliphatic heterocycles. The number of amides is 1. The second-order valence-electron chi connectivity index (χ2n) is 25.0. The summed E-state index contributed by atoms with van der Waals surface area (Å²) < 4.78 is 30.4. The number of phosphoric acid groups is 1. The van der Waals surface area contributed by atoms with Crippen molar-refractivity contribution in [1.29, 1.82) is 0 Å². The van der Waals surface area contributed by atoms with Gasteiger partial charge in [0, 0.05) is 12.8 Å². The van der Waals surface area contributed by atoms with E-state index in [1.54, 1.807) is 0 Å². The van der Waals surface area contributed by atoms with Crippen LogP contribution in [0.2, 0.25) is 0 Å². The van der Waals surface area contributed by atoms with E-state index < -0.39 is 20.0 Å². The Labute approximate surface area is 492 Å². The molecule has 0 rings (SSSR count). The van der Waals surface area contributed by atoms with Gasteiger partial charge in [0.2, 0.25) is 5.91 Å². The third-order valence-corrected chi connectivity index (χ3v) is 16.8. The highest BCUT2D eigenvalue weighted by Crippen LogP contribution is 2.38. The molecule has 1 N–H and O–H groups in total. The summed E-state index contributed by atoms with van der Waals surface area (Å²) in [6.45, 7) is 6.89. The molecule has 3 unspecified atom stereocenters. The van der Waals surface area contributed by atoms with Gasteiger partial charge in [-0.15, -0.1) is 0 Å². The molecule has 0 aromatic rings. The van der Waals surface area contributed by atoms with E-state index in [1.165, 1.54) is 244 Å². The lowest BCUT2D eigenvalue weighted by atomic mass is 10.0. The lowest BCUT2D eigenvalue weighted by Crippen LogP contribution is -2.47. The number of allylic oxidation sites excluding steroid dienone is 3. The number of nitrogens with zero attached hydrogens (tertiary/aromatic N) is 1. The van der Waals surface area contributed by atoms with Crippen LogP contribution >= 0.6 is 7.82 Å². The number of ether oxygens (including phenoxy) is 1. The molecular formula is C69H135N2O7P. The Hall–Kier alpha value is -1.51. The largest absolute Gasteiger partial charge is 0.756 e. The summed E-state index contributed by atoms with van der Waals surface area (Å²) in [7, 11) is 1.20. The van der Waals surface area contributed by atoms with Gasteiger partial charge in [-0.2, -0.15) is 0 Å².